The van der Waals surface area contributed by atoms with Crippen molar-refractivity contribution in [3.63, 3.8) is 0 Å². The molecule has 0 radical (unpaired) electrons. The van der Waals surface area contributed by atoms with Crippen LogP contribution in [-0.4, -0.2) is 39.4 Å². The SMILES string of the molecule is CCOc1cc(C(=O)NCc2cc(Cl)c(OCC)c(OC)c2)cc(OCC)c1OCC. The first kappa shape index (κ1) is 24.5. The Bertz CT molecular complexity index is 860. The summed E-state index contributed by atoms with van der Waals surface area (Å²) < 4.78 is 27.9. The first-order valence-corrected chi connectivity index (χ1v) is 10.7. The van der Waals surface area contributed by atoms with E-state index in [-0.39, 0.29) is 12.5 Å². The van der Waals surface area contributed by atoms with Crippen molar-refractivity contribution >= 4 is 17.5 Å². The monoisotopic (exact) mass is 451 g/mol. The van der Waals surface area contributed by atoms with E-state index in [2.05, 4.69) is 5.32 Å². The van der Waals surface area contributed by atoms with Gasteiger partial charge in [-0.15, -0.1) is 0 Å². The zero-order valence-electron chi connectivity index (χ0n) is 18.7. The van der Waals surface area contributed by atoms with Gasteiger partial charge >= 0.3 is 0 Å². The van der Waals surface area contributed by atoms with E-state index in [1.807, 2.05) is 27.7 Å². The van der Waals surface area contributed by atoms with E-state index in [0.717, 1.165) is 5.56 Å². The van der Waals surface area contributed by atoms with Crippen molar-refractivity contribution in [2.24, 2.45) is 0 Å². The van der Waals surface area contributed by atoms with Crippen molar-refractivity contribution in [1.29, 1.82) is 0 Å². The number of rotatable bonds is 12. The van der Waals surface area contributed by atoms with E-state index in [0.29, 0.717) is 65.8 Å². The molecule has 0 saturated heterocycles. The van der Waals surface area contributed by atoms with Crippen LogP contribution in [0.4, 0.5) is 0 Å². The Balaban J connectivity index is 2.26. The van der Waals surface area contributed by atoms with Gasteiger partial charge in [-0.2, -0.15) is 0 Å². The Morgan fingerprint density at radius 2 is 1.35 bits per heavy atom. The molecule has 1 amide bonds. The first-order chi connectivity index (χ1) is 15.0. The summed E-state index contributed by atoms with van der Waals surface area (Å²) in [7, 11) is 1.54. The largest absolute Gasteiger partial charge is 0.493 e. The third kappa shape index (κ3) is 6.34. The molecule has 2 aromatic carbocycles. The van der Waals surface area contributed by atoms with Crippen LogP contribution in [0.15, 0.2) is 24.3 Å². The molecule has 0 heterocycles. The summed E-state index contributed by atoms with van der Waals surface area (Å²) in [4.78, 5) is 12.9. The number of halogens is 1. The molecule has 0 aliphatic carbocycles. The molecule has 0 unspecified atom stereocenters. The Morgan fingerprint density at radius 3 is 1.87 bits per heavy atom. The van der Waals surface area contributed by atoms with Gasteiger partial charge in [0.05, 0.1) is 38.6 Å². The van der Waals surface area contributed by atoms with Crippen LogP contribution in [0.25, 0.3) is 0 Å². The number of nitrogens with one attached hydrogen (secondary N) is 1. The molecule has 2 rings (SSSR count). The molecule has 0 atom stereocenters. The summed E-state index contributed by atoms with van der Waals surface area (Å²) in [5.41, 5.74) is 1.18. The van der Waals surface area contributed by atoms with Crippen LogP contribution in [0.1, 0.15) is 43.6 Å². The molecule has 0 aromatic heterocycles. The lowest BCUT2D eigenvalue weighted by atomic mass is 10.1. The average molecular weight is 452 g/mol. The second kappa shape index (κ2) is 12.2. The number of carbonyl (C=O) groups excluding carboxylic acids is 1. The minimum Gasteiger partial charge on any atom is -0.493 e. The smallest absolute Gasteiger partial charge is 0.251 e. The van der Waals surface area contributed by atoms with E-state index in [9.17, 15) is 4.79 Å². The van der Waals surface area contributed by atoms with Gasteiger partial charge in [-0.25, -0.2) is 0 Å². The number of methoxy groups -OCH3 is 1. The minimum absolute atomic E-state index is 0.252. The zero-order chi connectivity index (χ0) is 22.8. The summed E-state index contributed by atoms with van der Waals surface area (Å²) in [6.45, 7) is 9.51. The minimum atomic E-state index is -0.283. The number of ether oxygens (including phenoxy) is 5. The Labute approximate surface area is 188 Å². The number of benzene rings is 2. The quantitative estimate of drug-likeness (QED) is 0.496. The van der Waals surface area contributed by atoms with Crippen molar-refractivity contribution < 1.29 is 28.5 Å². The summed E-state index contributed by atoms with van der Waals surface area (Å²) in [6, 6.07) is 6.83. The van der Waals surface area contributed by atoms with Gasteiger partial charge in [-0.05, 0) is 57.5 Å². The molecular weight excluding hydrogens is 422 g/mol. The van der Waals surface area contributed by atoms with Gasteiger partial charge in [0.25, 0.3) is 5.91 Å². The van der Waals surface area contributed by atoms with E-state index in [1.54, 1.807) is 31.4 Å². The highest BCUT2D eigenvalue weighted by molar-refractivity contribution is 6.32. The third-order valence-electron chi connectivity index (χ3n) is 4.20. The third-order valence-corrected chi connectivity index (χ3v) is 4.48. The highest BCUT2D eigenvalue weighted by Gasteiger charge is 2.19. The lowest BCUT2D eigenvalue weighted by Crippen LogP contribution is -2.23. The lowest BCUT2D eigenvalue weighted by Gasteiger charge is -2.17. The van der Waals surface area contributed by atoms with Gasteiger partial charge in [-0.3, -0.25) is 4.79 Å². The maximum atomic E-state index is 12.9. The van der Waals surface area contributed by atoms with Crippen molar-refractivity contribution in [3.05, 3.63) is 40.4 Å². The van der Waals surface area contributed by atoms with Gasteiger partial charge in [0.1, 0.15) is 0 Å². The number of carbonyl (C=O) groups is 1. The Morgan fingerprint density at radius 1 is 0.806 bits per heavy atom. The van der Waals surface area contributed by atoms with E-state index < -0.39 is 0 Å². The first-order valence-electron chi connectivity index (χ1n) is 10.3. The fourth-order valence-corrected chi connectivity index (χ4v) is 3.25. The molecule has 1 N–H and O–H groups in total. The molecule has 31 heavy (non-hydrogen) atoms. The van der Waals surface area contributed by atoms with Crippen LogP contribution in [-0.2, 0) is 6.54 Å². The average Bonchev–Trinajstić information content (AvgIpc) is 2.76. The molecule has 0 aliphatic rings. The molecule has 0 spiro atoms. The highest BCUT2D eigenvalue weighted by atomic mass is 35.5. The maximum Gasteiger partial charge on any atom is 0.251 e. The molecule has 2 aromatic rings. The van der Waals surface area contributed by atoms with Gasteiger partial charge in [0.15, 0.2) is 23.0 Å². The Hall–Kier alpha value is -2.80. The highest BCUT2D eigenvalue weighted by Crippen LogP contribution is 2.39. The second-order valence-corrected chi connectivity index (χ2v) is 6.73. The molecule has 0 fully saturated rings. The fraction of sp³-hybridized carbons (Fsp3) is 0.435. The van der Waals surface area contributed by atoms with E-state index in [1.165, 1.54) is 0 Å². The molecule has 0 bridgehead atoms. The fourth-order valence-electron chi connectivity index (χ4n) is 2.96. The van der Waals surface area contributed by atoms with Gasteiger partial charge in [-0.1, -0.05) is 11.6 Å². The van der Waals surface area contributed by atoms with Gasteiger partial charge < -0.3 is 29.0 Å². The Kier molecular flexibility index (Phi) is 9.59. The van der Waals surface area contributed by atoms with E-state index >= 15 is 0 Å². The normalized spacial score (nSPS) is 10.4. The molecule has 0 aliphatic heterocycles. The molecule has 8 heteroatoms. The van der Waals surface area contributed by atoms with Gasteiger partial charge in [0.2, 0.25) is 5.75 Å². The van der Waals surface area contributed by atoms with Gasteiger partial charge in [0, 0.05) is 12.1 Å². The number of hydrogen-bond acceptors (Lipinski definition) is 6. The van der Waals surface area contributed by atoms with Crippen molar-refractivity contribution in [1.82, 2.24) is 5.32 Å². The van der Waals surface area contributed by atoms with Crippen molar-refractivity contribution in [2.45, 2.75) is 34.2 Å². The summed E-state index contributed by atoms with van der Waals surface area (Å²) in [5, 5.41) is 3.31. The molecule has 170 valence electrons. The maximum absolute atomic E-state index is 12.9. The van der Waals surface area contributed by atoms with Crippen LogP contribution in [0.3, 0.4) is 0 Å². The summed E-state index contributed by atoms with van der Waals surface area (Å²) >= 11 is 6.32. The molecule has 7 nitrogen and oxygen atoms in total. The topological polar surface area (TPSA) is 75.3 Å². The standard InChI is InChI=1S/C23H30ClNO6/c1-6-28-19-12-16(13-20(29-7-2)22(19)31-9-4)23(26)25-14-15-10-17(24)21(30-8-3)18(11-15)27-5/h10-13H,6-9,14H2,1-5H3,(H,25,26). The summed E-state index contributed by atoms with van der Waals surface area (Å²) in [6.07, 6.45) is 0. The molecule has 0 saturated carbocycles. The van der Waals surface area contributed by atoms with Crippen LogP contribution in [0.2, 0.25) is 5.02 Å². The lowest BCUT2D eigenvalue weighted by molar-refractivity contribution is 0.0949. The predicted molar refractivity (Wildman–Crippen MR) is 120 cm³/mol. The van der Waals surface area contributed by atoms with E-state index in [4.69, 9.17) is 35.3 Å². The van der Waals surface area contributed by atoms with Crippen molar-refractivity contribution in [3.8, 4) is 28.7 Å². The molecular formula is C23H30ClNO6. The van der Waals surface area contributed by atoms with Crippen LogP contribution in [0.5, 0.6) is 28.7 Å². The number of hydrogen-bond donors (Lipinski definition) is 1. The summed E-state index contributed by atoms with van der Waals surface area (Å²) in [5.74, 6) is 2.13. The zero-order valence-corrected chi connectivity index (χ0v) is 19.4. The van der Waals surface area contributed by atoms with Crippen LogP contribution >= 0.6 is 11.6 Å². The van der Waals surface area contributed by atoms with Crippen LogP contribution in [0, 0.1) is 0 Å². The number of amides is 1. The van der Waals surface area contributed by atoms with Crippen molar-refractivity contribution in [2.75, 3.05) is 33.5 Å². The van der Waals surface area contributed by atoms with Crippen LogP contribution < -0.4 is 29.0 Å². The second-order valence-electron chi connectivity index (χ2n) is 6.33. The predicted octanol–water partition coefficient (Wildman–Crippen LogP) is 4.87.